The summed E-state index contributed by atoms with van der Waals surface area (Å²) >= 11 is 0. The van der Waals surface area contributed by atoms with Crippen molar-refractivity contribution in [1.82, 2.24) is 0 Å². The smallest absolute Gasteiger partial charge is 0.160 e. The molecule has 1 aliphatic heterocycles. The van der Waals surface area contributed by atoms with Gasteiger partial charge >= 0.3 is 0 Å². The summed E-state index contributed by atoms with van der Waals surface area (Å²) in [5.41, 5.74) is 1.93. The Morgan fingerprint density at radius 1 is 1.00 bits per heavy atom. The first-order valence-electron chi connectivity index (χ1n) is 6.93. The zero-order chi connectivity index (χ0) is 14.8. The molecule has 4 heteroatoms. The Morgan fingerprint density at radius 3 is 2.52 bits per heavy atom. The highest BCUT2D eigenvalue weighted by atomic mass is 16.5. The topological polar surface area (TPSA) is 58.9 Å². The predicted octanol–water partition coefficient (Wildman–Crippen LogP) is 3.00. The molecule has 2 atom stereocenters. The summed E-state index contributed by atoms with van der Waals surface area (Å²) in [6.45, 7) is 1.17. The molecule has 4 nitrogen and oxygen atoms in total. The van der Waals surface area contributed by atoms with Gasteiger partial charge in [-0.1, -0.05) is 24.3 Å². The number of para-hydroxylation sites is 1. The lowest BCUT2D eigenvalue weighted by molar-refractivity contribution is 0.190. The van der Waals surface area contributed by atoms with Crippen LogP contribution >= 0.6 is 0 Å². The van der Waals surface area contributed by atoms with Crippen LogP contribution in [0.1, 0.15) is 23.0 Å². The lowest BCUT2D eigenvalue weighted by Crippen LogP contribution is -2.09. The number of methoxy groups -OCH3 is 1. The van der Waals surface area contributed by atoms with Crippen molar-refractivity contribution in [3.05, 3.63) is 53.6 Å². The molecule has 110 valence electrons. The largest absolute Gasteiger partial charge is 0.508 e. The van der Waals surface area contributed by atoms with E-state index in [0.29, 0.717) is 24.7 Å². The molecule has 0 aromatic heterocycles. The highest BCUT2D eigenvalue weighted by Gasteiger charge is 2.32. The first kappa shape index (κ1) is 13.8. The molecule has 0 bridgehead atoms. The summed E-state index contributed by atoms with van der Waals surface area (Å²) in [7, 11) is 1.53. The van der Waals surface area contributed by atoms with Crippen LogP contribution < -0.4 is 4.74 Å². The third kappa shape index (κ3) is 2.54. The fourth-order valence-corrected chi connectivity index (χ4v) is 2.92. The maximum absolute atomic E-state index is 10.1. The van der Waals surface area contributed by atoms with Gasteiger partial charge in [0.1, 0.15) is 5.75 Å². The monoisotopic (exact) mass is 286 g/mol. The Morgan fingerprint density at radius 2 is 1.76 bits per heavy atom. The van der Waals surface area contributed by atoms with Gasteiger partial charge in [0, 0.05) is 11.8 Å². The maximum Gasteiger partial charge on any atom is 0.160 e. The number of benzene rings is 2. The van der Waals surface area contributed by atoms with Crippen LogP contribution in [-0.2, 0) is 4.74 Å². The van der Waals surface area contributed by atoms with Crippen LogP contribution in [0.2, 0.25) is 0 Å². The molecule has 1 fully saturated rings. The minimum Gasteiger partial charge on any atom is -0.508 e. The molecular weight excluding hydrogens is 268 g/mol. The number of rotatable bonds is 3. The van der Waals surface area contributed by atoms with E-state index >= 15 is 0 Å². The Kier molecular flexibility index (Phi) is 3.71. The fourth-order valence-electron chi connectivity index (χ4n) is 2.92. The lowest BCUT2D eigenvalue weighted by atomic mass is 9.83. The number of ether oxygens (including phenoxy) is 2. The summed E-state index contributed by atoms with van der Waals surface area (Å²) in [6.07, 6.45) is 0. The van der Waals surface area contributed by atoms with Crippen LogP contribution in [0, 0.1) is 0 Å². The van der Waals surface area contributed by atoms with Crippen molar-refractivity contribution in [2.24, 2.45) is 0 Å². The molecule has 0 aliphatic carbocycles. The summed E-state index contributed by atoms with van der Waals surface area (Å²) in [5, 5.41) is 19.8. The second-order valence-corrected chi connectivity index (χ2v) is 5.24. The quantitative estimate of drug-likeness (QED) is 0.910. The summed E-state index contributed by atoms with van der Waals surface area (Å²) in [5.74, 6) is 1.10. The average Bonchev–Trinajstić information content (AvgIpc) is 2.97. The van der Waals surface area contributed by atoms with Gasteiger partial charge in [-0.05, 0) is 29.3 Å². The van der Waals surface area contributed by atoms with E-state index in [4.69, 9.17) is 9.47 Å². The van der Waals surface area contributed by atoms with Crippen molar-refractivity contribution < 1.29 is 19.7 Å². The number of hydrogen-bond acceptors (Lipinski definition) is 4. The van der Waals surface area contributed by atoms with Gasteiger partial charge < -0.3 is 19.7 Å². The molecule has 2 aromatic rings. The molecule has 3 rings (SSSR count). The van der Waals surface area contributed by atoms with Crippen molar-refractivity contribution in [1.29, 1.82) is 0 Å². The molecule has 0 radical (unpaired) electrons. The number of phenols is 2. The van der Waals surface area contributed by atoms with Crippen LogP contribution in [0.5, 0.6) is 17.2 Å². The molecule has 0 spiro atoms. The molecule has 2 unspecified atom stereocenters. The molecule has 0 amide bonds. The van der Waals surface area contributed by atoms with E-state index in [1.807, 2.05) is 30.3 Å². The first-order chi connectivity index (χ1) is 10.2. The van der Waals surface area contributed by atoms with Gasteiger partial charge in [-0.25, -0.2) is 0 Å². The maximum atomic E-state index is 10.1. The number of hydrogen-bond donors (Lipinski definition) is 2. The van der Waals surface area contributed by atoms with Crippen LogP contribution in [0.3, 0.4) is 0 Å². The highest BCUT2D eigenvalue weighted by molar-refractivity contribution is 5.45. The summed E-state index contributed by atoms with van der Waals surface area (Å²) in [4.78, 5) is 0. The minimum atomic E-state index is 0.0976. The van der Waals surface area contributed by atoms with E-state index in [0.717, 1.165) is 11.1 Å². The second-order valence-electron chi connectivity index (χ2n) is 5.24. The minimum absolute atomic E-state index is 0.0976. The number of phenolic OH excluding ortho intramolecular Hbond substituents is 2. The molecule has 21 heavy (non-hydrogen) atoms. The molecule has 1 aliphatic rings. The first-order valence-corrected chi connectivity index (χ1v) is 6.93. The number of aromatic hydroxyl groups is 2. The SMILES string of the molecule is COc1cc(C2COCC2c2ccccc2O)ccc1O. The van der Waals surface area contributed by atoms with E-state index < -0.39 is 0 Å². The summed E-state index contributed by atoms with van der Waals surface area (Å²) < 4.78 is 10.8. The van der Waals surface area contributed by atoms with E-state index in [2.05, 4.69) is 0 Å². The van der Waals surface area contributed by atoms with Crippen molar-refractivity contribution in [3.8, 4) is 17.2 Å². The van der Waals surface area contributed by atoms with Gasteiger partial charge in [0.2, 0.25) is 0 Å². The Bertz CT molecular complexity index is 638. The summed E-state index contributed by atoms with van der Waals surface area (Å²) in [6, 6.07) is 12.7. The average molecular weight is 286 g/mol. The molecule has 1 heterocycles. The lowest BCUT2D eigenvalue weighted by Gasteiger charge is -2.20. The van der Waals surface area contributed by atoms with E-state index in [-0.39, 0.29) is 17.6 Å². The van der Waals surface area contributed by atoms with Crippen molar-refractivity contribution in [2.75, 3.05) is 20.3 Å². The van der Waals surface area contributed by atoms with E-state index in [1.54, 1.807) is 12.1 Å². The third-order valence-corrected chi connectivity index (χ3v) is 4.05. The van der Waals surface area contributed by atoms with E-state index in [1.165, 1.54) is 7.11 Å². The fraction of sp³-hybridized carbons (Fsp3) is 0.294. The standard InChI is InChI=1S/C17H18O4/c1-20-17-8-11(6-7-16(17)19)13-9-21-10-14(13)12-4-2-3-5-15(12)18/h2-8,13-14,18-19H,9-10H2,1H3. The molecular formula is C17H18O4. The zero-order valence-corrected chi connectivity index (χ0v) is 11.8. The Labute approximate surface area is 123 Å². The molecule has 0 saturated carbocycles. The third-order valence-electron chi connectivity index (χ3n) is 4.05. The molecule has 2 N–H and O–H groups in total. The van der Waals surface area contributed by atoms with Gasteiger partial charge in [-0.3, -0.25) is 0 Å². The van der Waals surface area contributed by atoms with Gasteiger partial charge in [0.05, 0.1) is 20.3 Å². The van der Waals surface area contributed by atoms with Gasteiger partial charge in [0.25, 0.3) is 0 Å². The van der Waals surface area contributed by atoms with Crippen molar-refractivity contribution in [2.45, 2.75) is 11.8 Å². The van der Waals surface area contributed by atoms with Crippen LogP contribution in [-0.4, -0.2) is 30.5 Å². The van der Waals surface area contributed by atoms with Crippen molar-refractivity contribution >= 4 is 0 Å². The predicted molar refractivity (Wildman–Crippen MR) is 79.1 cm³/mol. The Balaban J connectivity index is 1.96. The Hall–Kier alpha value is -2.20. The van der Waals surface area contributed by atoms with E-state index in [9.17, 15) is 10.2 Å². The van der Waals surface area contributed by atoms with Gasteiger partial charge in [-0.15, -0.1) is 0 Å². The normalized spacial score (nSPS) is 21.4. The zero-order valence-electron chi connectivity index (χ0n) is 11.8. The highest BCUT2D eigenvalue weighted by Crippen LogP contribution is 2.43. The molecule has 2 aromatic carbocycles. The van der Waals surface area contributed by atoms with Gasteiger partial charge in [-0.2, -0.15) is 0 Å². The van der Waals surface area contributed by atoms with Crippen LogP contribution in [0.4, 0.5) is 0 Å². The van der Waals surface area contributed by atoms with Crippen LogP contribution in [0.25, 0.3) is 0 Å². The molecule has 1 saturated heterocycles. The van der Waals surface area contributed by atoms with Crippen LogP contribution in [0.15, 0.2) is 42.5 Å². The van der Waals surface area contributed by atoms with Crippen molar-refractivity contribution in [3.63, 3.8) is 0 Å². The second kappa shape index (κ2) is 5.66. The van der Waals surface area contributed by atoms with Gasteiger partial charge in [0.15, 0.2) is 11.5 Å².